The summed E-state index contributed by atoms with van der Waals surface area (Å²) in [5.74, 6) is -0.746. The zero-order chi connectivity index (χ0) is 14.0. The summed E-state index contributed by atoms with van der Waals surface area (Å²) < 4.78 is 40.0. The van der Waals surface area contributed by atoms with Crippen molar-refractivity contribution in [3.05, 3.63) is 24.0 Å². The number of nitrogens with one attached hydrogen (secondary N) is 2. The van der Waals surface area contributed by atoms with Gasteiger partial charge in [0.2, 0.25) is 0 Å². The smallest absolute Gasteiger partial charge is 0.406 e. The number of alkyl halides is 3. The van der Waals surface area contributed by atoms with Crippen molar-refractivity contribution in [1.82, 2.24) is 15.3 Å². The van der Waals surface area contributed by atoms with E-state index in [0.717, 1.165) is 12.1 Å². The van der Waals surface area contributed by atoms with Gasteiger partial charge in [-0.3, -0.25) is 4.79 Å². The minimum absolute atomic E-state index is 0.0426. The maximum Gasteiger partial charge on any atom is 0.573 e. The first-order chi connectivity index (χ1) is 8.89. The second kappa shape index (κ2) is 4.79. The molecule has 0 atom stereocenters. The van der Waals surface area contributed by atoms with Gasteiger partial charge in [-0.1, -0.05) is 0 Å². The predicted octanol–water partition coefficient (Wildman–Crippen LogP) is 2.21. The molecule has 2 N–H and O–H groups in total. The molecule has 0 spiro atoms. The minimum Gasteiger partial charge on any atom is -0.406 e. The van der Waals surface area contributed by atoms with Crippen LogP contribution in [0.2, 0.25) is 0 Å². The first-order valence-electron chi connectivity index (χ1n) is 5.43. The summed E-state index contributed by atoms with van der Waals surface area (Å²) in [6.07, 6.45) is -4.75. The molecule has 5 nitrogen and oxygen atoms in total. The minimum atomic E-state index is -4.75. The van der Waals surface area contributed by atoms with Crippen LogP contribution in [-0.2, 0) is 0 Å². The van der Waals surface area contributed by atoms with Crippen molar-refractivity contribution in [2.75, 3.05) is 6.54 Å². The number of carbonyl (C=O) groups is 1. The monoisotopic (exact) mass is 273 g/mol. The number of halogens is 3. The lowest BCUT2D eigenvalue weighted by Gasteiger charge is -2.07. The Bertz CT molecular complexity index is 607. The van der Waals surface area contributed by atoms with Gasteiger partial charge < -0.3 is 15.0 Å². The molecule has 0 saturated heterocycles. The molecular weight excluding hydrogens is 263 g/mol. The molecule has 2 rings (SSSR count). The molecule has 2 aromatic rings. The quantitative estimate of drug-likeness (QED) is 0.901. The van der Waals surface area contributed by atoms with Crippen LogP contribution in [0.3, 0.4) is 0 Å². The summed E-state index contributed by atoms with van der Waals surface area (Å²) in [5, 5.41) is 2.53. The summed E-state index contributed by atoms with van der Waals surface area (Å²) in [7, 11) is 0. The van der Waals surface area contributed by atoms with Crippen molar-refractivity contribution >= 4 is 16.9 Å². The van der Waals surface area contributed by atoms with Crippen molar-refractivity contribution < 1.29 is 22.7 Å². The van der Waals surface area contributed by atoms with Gasteiger partial charge in [0.1, 0.15) is 5.75 Å². The predicted molar refractivity (Wildman–Crippen MR) is 60.8 cm³/mol. The fourth-order valence-electron chi connectivity index (χ4n) is 1.54. The van der Waals surface area contributed by atoms with E-state index in [2.05, 4.69) is 20.0 Å². The molecule has 0 saturated carbocycles. The maximum atomic E-state index is 12.1. The Kier molecular flexibility index (Phi) is 3.32. The van der Waals surface area contributed by atoms with E-state index in [1.165, 1.54) is 6.07 Å². The number of ether oxygens (including phenoxy) is 1. The summed E-state index contributed by atoms with van der Waals surface area (Å²) in [4.78, 5) is 18.1. The lowest BCUT2D eigenvalue weighted by molar-refractivity contribution is -0.274. The number of carbonyl (C=O) groups excluding carboxylic acids is 1. The second-order valence-electron chi connectivity index (χ2n) is 3.67. The maximum absolute atomic E-state index is 12.1. The Morgan fingerprint density at radius 1 is 1.47 bits per heavy atom. The highest BCUT2D eigenvalue weighted by Crippen LogP contribution is 2.25. The number of imidazole rings is 1. The van der Waals surface area contributed by atoms with E-state index in [0.29, 0.717) is 17.6 Å². The van der Waals surface area contributed by atoms with Gasteiger partial charge in [-0.25, -0.2) is 4.98 Å². The number of rotatable bonds is 3. The highest BCUT2D eigenvalue weighted by atomic mass is 19.4. The third-order valence-electron chi connectivity index (χ3n) is 2.24. The average Bonchev–Trinajstić information content (AvgIpc) is 2.70. The van der Waals surface area contributed by atoms with Crippen LogP contribution in [0.25, 0.3) is 11.0 Å². The topological polar surface area (TPSA) is 67.0 Å². The van der Waals surface area contributed by atoms with Crippen LogP contribution in [0.5, 0.6) is 5.75 Å². The fraction of sp³-hybridized carbons (Fsp3) is 0.273. The Morgan fingerprint density at radius 3 is 2.84 bits per heavy atom. The number of H-pyrrole nitrogens is 1. The molecule has 0 aliphatic heterocycles. The van der Waals surface area contributed by atoms with Gasteiger partial charge in [-0.2, -0.15) is 0 Å². The number of amides is 1. The molecule has 0 aliphatic carbocycles. The largest absolute Gasteiger partial charge is 0.573 e. The van der Waals surface area contributed by atoms with Crippen molar-refractivity contribution in [2.45, 2.75) is 13.3 Å². The number of hydrogen-bond acceptors (Lipinski definition) is 3. The molecule has 0 bridgehead atoms. The van der Waals surface area contributed by atoms with E-state index in [-0.39, 0.29) is 11.6 Å². The summed E-state index contributed by atoms with van der Waals surface area (Å²) in [6.45, 7) is 2.17. The number of fused-ring (bicyclic) bond motifs is 1. The van der Waals surface area contributed by atoms with Crippen molar-refractivity contribution in [3.63, 3.8) is 0 Å². The zero-order valence-electron chi connectivity index (χ0n) is 9.84. The standard InChI is InChI=1S/C11H10F3N3O2/c1-2-15-10(18)9-16-7-4-3-6(5-8(7)17-9)19-11(12,13)14/h3-5H,2H2,1H3,(H,15,18)(H,16,17). The van der Waals surface area contributed by atoms with Gasteiger partial charge in [-0.05, 0) is 19.1 Å². The van der Waals surface area contributed by atoms with Crippen LogP contribution in [0.4, 0.5) is 13.2 Å². The normalized spacial score (nSPS) is 11.6. The molecule has 19 heavy (non-hydrogen) atoms. The van der Waals surface area contributed by atoms with Crippen molar-refractivity contribution in [3.8, 4) is 5.75 Å². The van der Waals surface area contributed by atoms with Gasteiger partial charge in [-0.15, -0.1) is 13.2 Å². The number of benzene rings is 1. The first-order valence-corrected chi connectivity index (χ1v) is 5.43. The lowest BCUT2D eigenvalue weighted by atomic mass is 10.3. The molecule has 0 radical (unpaired) electrons. The van der Waals surface area contributed by atoms with Crippen LogP contribution in [0, 0.1) is 0 Å². The third kappa shape index (κ3) is 3.15. The van der Waals surface area contributed by atoms with Crippen LogP contribution in [-0.4, -0.2) is 28.8 Å². The SMILES string of the molecule is CCNC(=O)c1nc2ccc(OC(F)(F)F)cc2[nH]1. The van der Waals surface area contributed by atoms with Gasteiger partial charge in [0.15, 0.2) is 5.82 Å². The molecule has 1 heterocycles. The molecule has 1 aromatic heterocycles. The number of nitrogens with zero attached hydrogens (tertiary/aromatic N) is 1. The lowest BCUT2D eigenvalue weighted by Crippen LogP contribution is -2.23. The van der Waals surface area contributed by atoms with Gasteiger partial charge in [0.05, 0.1) is 11.0 Å². The van der Waals surface area contributed by atoms with Crippen LogP contribution < -0.4 is 10.1 Å². The van der Waals surface area contributed by atoms with E-state index < -0.39 is 12.3 Å². The molecule has 8 heteroatoms. The second-order valence-corrected chi connectivity index (χ2v) is 3.67. The van der Waals surface area contributed by atoms with E-state index >= 15 is 0 Å². The summed E-state index contributed by atoms with van der Waals surface area (Å²) in [5.41, 5.74) is 0.679. The van der Waals surface area contributed by atoms with E-state index in [1.807, 2.05) is 0 Å². The highest BCUT2D eigenvalue weighted by Gasteiger charge is 2.31. The third-order valence-corrected chi connectivity index (χ3v) is 2.24. The molecule has 1 amide bonds. The number of aromatic nitrogens is 2. The highest BCUT2D eigenvalue weighted by molar-refractivity contribution is 5.94. The molecule has 0 unspecified atom stereocenters. The first kappa shape index (κ1) is 13.2. The summed E-state index contributed by atoms with van der Waals surface area (Å²) in [6, 6.07) is 3.62. The summed E-state index contributed by atoms with van der Waals surface area (Å²) >= 11 is 0. The van der Waals surface area contributed by atoms with Gasteiger partial charge in [0, 0.05) is 12.6 Å². The number of aromatic amines is 1. The Morgan fingerprint density at radius 2 is 2.21 bits per heavy atom. The molecule has 1 aromatic carbocycles. The van der Waals surface area contributed by atoms with E-state index in [4.69, 9.17) is 0 Å². The van der Waals surface area contributed by atoms with Crippen molar-refractivity contribution in [2.24, 2.45) is 0 Å². The average molecular weight is 273 g/mol. The van der Waals surface area contributed by atoms with Gasteiger partial charge >= 0.3 is 6.36 Å². The van der Waals surface area contributed by atoms with E-state index in [9.17, 15) is 18.0 Å². The van der Waals surface area contributed by atoms with Crippen LogP contribution in [0.1, 0.15) is 17.5 Å². The Labute approximate surface area is 105 Å². The Balaban J connectivity index is 2.31. The molecule has 102 valence electrons. The fourth-order valence-corrected chi connectivity index (χ4v) is 1.54. The van der Waals surface area contributed by atoms with Crippen molar-refractivity contribution in [1.29, 1.82) is 0 Å². The van der Waals surface area contributed by atoms with E-state index in [1.54, 1.807) is 6.92 Å². The molecule has 0 fully saturated rings. The zero-order valence-corrected chi connectivity index (χ0v) is 9.84. The van der Waals surface area contributed by atoms with Crippen LogP contribution >= 0.6 is 0 Å². The van der Waals surface area contributed by atoms with Crippen LogP contribution in [0.15, 0.2) is 18.2 Å². The molecular formula is C11H10F3N3O2. The Hall–Kier alpha value is -2.25. The molecule has 0 aliphatic rings. The number of hydrogen-bond donors (Lipinski definition) is 2. The van der Waals surface area contributed by atoms with Gasteiger partial charge in [0.25, 0.3) is 5.91 Å².